The lowest BCUT2D eigenvalue weighted by Crippen LogP contribution is -2.67. The van der Waals surface area contributed by atoms with E-state index in [1.807, 2.05) is 0 Å². The largest absolute Gasteiger partial charge is 0.636 e. The summed E-state index contributed by atoms with van der Waals surface area (Å²) in [5.74, 6) is 0. The molecule has 0 saturated carbocycles. The molecule has 0 amide bonds. The first kappa shape index (κ1) is 55.4. The van der Waals surface area contributed by atoms with Crippen molar-refractivity contribution in [1.29, 1.82) is 0 Å². The SMILES string of the molecule is C[Si](C)(C)O[Si](O[Si](C)(C)C)(O[Si](C)(C)C)O[Si](C)(C)C[Si](C)(C)O[Si](C)(C)O[Si](C)(C)C[Si](C)(C)O[Si](O[Si](C)(C)C)(O[Si](C)(C)C)O[Si](C)(C)C. The second-order valence-electron chi connectivity index (χ2n) is 23.5. The first-order valence-corrected chi connectivity index (χ1v) is 58.5. The van der Waals surface area contributed by atoms with Gasteiger partial charge in [0.25, 0.3) is 0 Å². The summed E-state index contributed by atoms with van der Waals surface area (Å²) in [5.41, 5.74) is 1.76. The lowest BCUT2D eigenvalue weighted by molar-refractivity contribution is 0.146. The van der Waals surface area contributed by atoms with Crippen LogP contribution >= 0.6 is 0 Å². The van der Waals surface area contributed by atoms with Crippen LogP contribution in [-0.4, -0.2) is 110 Å². The van der Waals surface area contributed by atoms with Crippen LogP contribution in [0.1, 0.15) is 0 Å². The number of hydrogen-bond donors (Lipinski definition) is 0. The minimum atomic E-state index is -3.45. The van der Waals surface area contributed by atoms with Crippen molar-refractivity contribution in [3.05, 3.63) is 0 Å². The molecule has 0 N–H and O–H groups in total. The topological polar surface area (TPSA) is 92.3 Å². The van der Waals surface area contributed by atoms with Gasteiger partial charge in [-0.1, -0.05) is 0 Å². The molecule has 0 unspecified atom stereocenters. The minimum Gasteiger partial charge on any atom is -0.437 e. The second kappa shape index (κ2) is 18.2. The highest BCUT2D eigenvalue weighted by Gasteiger charge is 2.59. The summed E-state index contributed by atoms with van der Waals surface area (Å²) in [4.78, 5) is 0. The van der Waals surface area contributed by atoms with Crippen molar-refractivity contribution in [2.75, 3.05) is 0 Å². The molecule has 320 valence electrons. The molecule has 0 heterocycles. The second-order valence-corrected chi connectivity index (χ2v) is 78.7. The Hall–Kier alpha value is 2.42. The van der Waals surface area contributed by atoms with Crippen molar-refractivity contribution in [3.63, 3.8) is 0 Å². The number of hydrogen-bond acceptors (Lipinski definition) is 10. The average Bonchev–Trinajstić information content (AvgIpc) is 2.58. The Balaban J connectivity index is 6.42. The van der Waals surface area contributed by atoms with E-state index < -0.39 is 110 Å². The zero-order valence-corrected chi connectivity index (χ0v) is 53.0. The summed E-state index contributed by atoms with van der Waals surface area (Å²) in [6, 6.07) is 0. The van der Waals surface area contributed by atoms with Crippen molar-refractivity contribution in [2.45, 2.75) is 195 Å². The van der Waals surface area contributed by atoms with Gasteiger partial charge in [0.15, 0.2) is 83.2 Å². The van der Waals surface area contributed by atoms with Gasteiger partial charge in [-0.15, -0.1) is 0 Å². The third kappa shape index (κ3) is 27.0. The molecule has 0 spiro atoms. The Morgan fingerprint density at radius 3 is 0.509 bits per heavy atom. The first-order valence-electron chi connectivity index (χ1n) is 19.5. The fourth-order valence-electron chi connectivity index (χ4n) is 6.72. The van der Waals surface area contributed by atoms with E-state index in [0.717, 1.165) is 11.3 Å². The average molecular weight is 974 g/mol. The normalized spacial score (nSPS) is 16.1. The molecule has 0 radical (unpaired) electrons. The van der Waals surface area contributed by atoms with Crippen LogP contribution in [0, 0.1) is 0 Å². The van der Waals surface area contributed by atoms with Crippen LogP contribution in [-0.2, 0) is 41.2 Å². The van der Waals surface area contributed by atoms with Gasteiger partial charge in [0.2, 0.25) is 0 Å². The lowest BCUT2D eigenvalue weighted by atomic mass is 11.8. The van der Waals surface area contributed by atoms with E-state index in [1.54, 1.807) is 0 Å². The zero-order chi connectivity index (χ0) is 43.0. The standard InChI is InChI=1S/C30H88O10Si13/c1-41(2,3)31-52(32-42(4,5)6,33-43(7,8)9)39-49(23,24)29-47(19,20)37-51(27,28)38-48(21,22)30-50(25,26)40-53(34-44(10,11)12,35-45(13,14)15)36-46(16,17)18/h29-30H2,1-28H3. The van der Waals surface area contributed by atoms with Gasteiger partial charge < -0.3 is 41.2 Å². The fourth-order valence-corrected chi connectivity index (χ4v) is 68.0. The van der Waals surface area contributed by atoms with Gasteiger partial charge in [-0.3, -0.25) is 0 Å². The smallest absolute Gasteiger partial charge is 0.437 e. The monoisotopic (exact) mass is 972 g/mol. The summed E-state index contributed by atoms with van der Waals surface area (Å²) in [7, 11) is -31.5. The molecule has 0 aliphatic carbocycles. The minimum absolute atomic E-state index is 0.878. The van der Waals surface area contributed by atoms with Crippen LogP contribution in [0.4, 0.5) is 0 Å². The van der Waals surface area contributed by atoms with Gasteiger partial charge in [0.1, 0.15) is 0 Å². The predicted molar refractivity (Wildman–Crippen MR) is 259 cm³/mol. The molecular weight excluding hydrogens is 885 g/mol. The van der Waals surface area contributed by atoms with Crippen molar-refractivity contribution in [1.82, 2.24) is 0 Å². The maximum Gasteiger partial charge on any atom is 0.636 e. The van der Waals surface area contributed by atoms with Gasteiger partial charge in [0.05, 0.1) is 0 Å². The molecule has 53 heavy (non-hydrogen) atoms. The molecule has 10 nitrogen and oxygen atoms in total. The van der Waals surface area contributed by atoms with Crippen molar-refractivity contribution >= 4 is 110 Å². The van der Waals surface area contributed by atoms with E-state index in [2.05, 4.69) is 183 Å². The Kier molecular flexibility index (Phi) is 19.0. The highest BCUT2D eigenvalue weighted by atomic mass is 28.6. The van der Waals surface area contributed by atoms with Gasteiger partial charge in [0, 0.05) is 0 Å². The van der Waals surface area contributed by atoms with Crippen molar-refractivity contribution in [3.8, 4) is 0 Å². The van der Waals surface area contributed by atoms with Crippen LogP contribution in [0.5, 0.6) is 0 Å². The van der Waals surface area contributed by atoms with Crippen LogP contribution in [0.3, 0.4) is 0 Å². The molecule has 0 aromatic heterocycles. The fraction of sp³-hybridized carbons (Fsp3) is 1.00. The third-order valence-electron chi connectivity index (χ3n) is 6.14. The Bertz CT molecular complexity index is 993. The van der Waals surface area contributed by atoms with Crippen LogP contribution in [0.15, 0.2) is 0 Å². The van der Waals surface area contributed by atoms with Crippen LogP contribution in [0.25, 0.3) is 0 Å². The van der Waals surface area contributed by atoms with E-state index in [1.165, 1.54) is 0 Å². The highest BCUT2D eigenvalue weighted by molar-refractivity contribution is 7.00. The molecule has 0 rings (SSSR count). The van der Waals surface area contributed by atoms with Gasteiger partial charge in [-0.2, -0.15) is 0 Å². The molecule has 0 aromatic rings. The van der Waals surface area contributed by atoms with Crippen molar-refractivity contribution in [2.24, 2.45) is 0 Å². The zero-order valence-electron chi connectivity index (χ0n) is 40.0. The van der Waals surface area contributed by atoms with E-state index >= 15 is 0 Å². The molecular formula is C30H88O10Si13. The van der Waals surface area contributed by atoms with Crippen molar-refractivity contribution < 1.29 is 41.2 Å². The quantitative estimate of drug-likeness (QED) is 0.0871. The molecule has 0 aliphatic heterocycles. The van der Waals surface area contributed by atoms with E-state index in [9.17, 15) is 0 Å². The summed E-state index contributed by atoms with van der Waals surface area (Å²) in [5, 5.41) is 0. The van der Waals surface area contributed by atoms with Gasteiger partial charge in [-0.05, 0) is 195 Å². The molecule has 0 aliphatic rings. The lowest BCUT2D eigenvalue weighted by Gasteiger charge is -2.47. The maximum atomic E-state index is 7.24. The summed E-state index contributed by atoms with van der Waals surface area (Å²) in [6.45, 7) is 62.4. The summed E-state index contributed by atoms with van der Waals surface area (Å²) in [6.07, 6.45) is 0. The molecule has 0 atom stereocenters. The van der Waals surface area contributed by atoms with Crippen LogP contribution < -0.4 is 0 Å². The highest BCUT2D eigenvalue weighted by Crippen LogP contribution is 2.36. The van der Waals surface area contributed by atoms with Gasteiger partial charge in [-0.25, -0.2) is 0 Å². The first-order chi connectivity index (χ1) is 22.5. The predicted octanol–water partition coefficient (Wildman–Crippen LogP) is 11.6. The Morgan fingerprint density at radius 2 is 0.358 bits per heavy atom. The maximum absolute atomic E-state index is 7.24. The van der Waals surface area contributed by atoms with Crippen LogP contribution in [0.2, 0.25) is 195 Å². The Morgan fingerprint density at radius 1 is 0.208 bits per heavy atom. The molecule has 0 saturated heterocycles. The van der Waals surface area contributed by atoms with E-state index in [-0.39, 0.29) is 0 Å². The summed E-state index contributed by atoms with van der Waals surface area (Å²) >= 11 is 0. The molecule has 0 bridgehead atoms. The van der Waals surface area contributed by atoms with Gasteiger partial charge >= 0.3 is 26.7 Å². The molecule has 23 heteroatoms. The van der Waals surface area contributed by atoms with E-state index in [4.69, 9.17) is 41.2 Å². The van der Waals surface area contributed by atoms with E-state index in [0.29, 0.717) is 0 Å². The Labute approximate surface area is 343 Å². The third-order valence-corrected chi connectivity index (χ3v) is 55.2. The number of rotatable bonds is 24. The summed E-state index contributed by atoms with van der Waals surface area (Å²) < 4.78 is 70.4. The molecule has 0 aromatic carbocycles. The molecule has 0 fully saturated rings.